The molecule has 1 aromatic carbocycles. The van der Waals surface area contributed by atoms with Crippen LogP contribution in [0.5, 0.6) is 0 Å². The van der Waals surface area contributed by atoms with Gasteiger partial charge in [0.05, 0.1) is 7.11 Å². The summed E-state index contributed by atoms with van der Waals surface area (Å²) in [5.74, 6) is -0.338. The Hall–Kier alpha value is -1.09. The van der Waals surface area contributed by atoms with Gasteiger partial charge < -0.3 is 4.74 Å². The van der Waals surface area contributed by atoms with E-state index < -0.39 is 0 Å². The van der Waals surface area contributed by atoms with Crippen LogP contribution in [0.15, 0.2) is 30.3 Å². The molecule has 74 valence electrons. The molecule has 1 aromatic rings. The van der Waals surface area contributed by atoms with E-state index in [0.717, 1.165) is 10.9 Å². The van der Waals surface area contributed by atoms with E-state index in [1.165, 1.54) is 18.7 Å². The SMILES string of the molecule is COC(=O)/C=C\c1ccc(CBr)cc1. The molecular formula is C11H11BrO2. The first-order valence-corrected chi connectivity index (χ1v) is 5.29. The highest BCUT2D eigenvalue weighted by atomic mass is 79.9. The second-order valence-corrected chi connectivity index (χ2v) is 3.29. The molecule has 0 spiro atoms. The van der Waals surface area contributed by atoms with Crippen molar-refractivity contribution in [2.45, 2.75) is 5.33 Å². The molecule has 3 heteroatoms. The number of carbonyl (C=O) groups is 1. The smallest absolute Gasteiger partial charge is 0.330 e. The van der Waals surface area contributed by atoms with Gasteiger partial charge >= 0.3 is 5.97 Å². The number of benzene rings is 1. The molecule has 0 saturated heterocycles. The number of methoxy groups -OCH3 is 1. The summed E-state index contributed by atoms with van der Waals surface area (Å²) in [6.07, 6.45) is 3.13. The fourth-order valence-electron chi connectivity index (χ4n) is 0.950. The lowest BCUT2D eigenvalue weighted by Gasteiger charge is -1.96. The van der Waals surface area contributed by atoms with E-state index >= 15 is 0 Å². The van der Waals surface area contributed by atoms with Gasteiger partial charge in [-0.25, -0.2) is 4.79 Å². The highest BCUT2D eigenvalue weighted by Gasteiger charge is 1.92. The van der Waals surface area contributed by atoms with E-state index in [9.17, 15) is 4.79 Å². The molecular weight excluding hydrogens is 244 g/mol. The Kier molecular flexibility index (Phi) is 4.40. The molecule has 0 aromatic heterocycles. The van der Waals surface area contributed by atoms with Gasteiger partial charge in [0, 0.05) is 11.4 Å². The molecule has 0 aliphatic rings. The van der Waals surface area contributed by atoms with Crippen LogP contribution in [0.4, 0.5) is 0 Å². The Morgan fingerprint density at radius 3 is 2.57 bits per heavy atom. The Bertz CT molecular complexity index is 328. The molecule has 1 rings (SSSR count). The number of halogens is 1. The van der Waals surface area contributed by atoms with Crippen molar-refractivity contribution in [2.24, 2.45) is 0 Å². The van der Waals surface area contributed by atoms with Gasteiger partial charge in [0.2, 0.25) is 0 Å². The zero-order valence-electron chi connectivity index (χ0n) is 7.87. The maximum atomic E-state index is 10.8. The molecule has 0 heterocycles. The Morgan fingerprint density at radius 2 is 2.07 bits per heavy atom. The van der Waals surface area contributed by atoms with Crippen LogP contribution in [0.2, 0.25) is 0 Å². The summed E-state index contributed by atoms with van der Waals surface area (Å²) in [5.41, 5.74) is 2.19. The number of esters is 1. The lowest BCUT2D eigenvalue weighted by molar-refractivity contribution is -0.134. The molecule has 0 fully saturated rings. The van der Waals surface area contributed by atoms with E-state index in [1.54, 1.807) is 6.08 Å². The molecule has 0 saturated carbocycles. The summed E-state index contributed by atoms with van der Waals surface area (Å²) in [6, 6.07) is 7.92. The van der Waals surface area contributed by atoms with Gasteiger partial charge in [0.25, 0.3) is 0 Å². The normalized spacial score (nSPS) is 10.4. The van der Waals surface area contributed by atoms with Crippen molar-refractivity contribution in [1.29, 1.82) is 0 Å². The quantitative estimate of drug-likeness (QED) is 0.471. The summed E-state index contributed by atoms with van der Waals surface area (Å²) in [7, 11) is 1.36. The molecule has 14 heavy (non-hydrogen) atoms. The third kappa shape index (κ3) is 3.34. The molecule has 0 N–H and O–H groups in total. The van der Waals surface area contributed by atoms with Gasteiger partial charge in [-0.05, 0) is 17.2 Å². The topological polar surface area (TPSA) is 26.3 Å². The third-order valence-electron chi connectivity index (χ3n) is 1.75. The molecule has 0 aliphatic heterocycles. The highest BCUT2D eigenvalue weighted by Crippen LogP contribution is 2.09. The van der Waals surface area contributed by atoms with Gasteiger partial charge in [-0.2, -0.15) is 0 Å². The third-order valence-corrected chi connectivity index (χ3v) is 2.39. The predicted octanol–water partition coefficient (Wildman–Crippen LogP) is 2.77. The van der Waals surface area contributed by atoms with Crippen molar-refractivity contribution >= 4 is 28.0 Å². The van der Waals surface area contributed by atoms with E-state index in [-0.39, 0.29) is 5.97 Å². The fourth-order valence-corrected chi connectivity index (χ4v) is 1.32. The second kappa shape index (κ2) is 5.60. The fraction of sp³-hybridized carbons (Fsp3) is 0.182. The molecule has 0 unspecified atom stereocenters. The average Bonchev–Trinajstić information content (AvgIpc) is 2.26. The summed E-state index contributed by atoms with van der Waals surface area (Å²) < 4.78 is 4.48. The lowest BCUT2D eigenvalue weighted by atomic mass is 10.1. The largest absolute Gasteiger partial charge is 0.466 e. The molecule has 0 atom stereocenters. The van der Waals surface area contributed by atoms with Crippen LogP contribution >= 0.6 is 15.9 Å². The first-order chi connectivity index (χ1) is 6.76. The minimum Gasteiger partial charge on any atom is -0.466 e. The second-order valence-electron chi connectivity index (χ2n) is 2.73. The van der Waals surface area contributed by atoms with Gasteiger partial charge in [0.1, 0.15) is 0 Å². The minimum absolute atomic E-state index is 0.338. The van der Waals surface area contributed by atoms with Gasteiger partial charge in [-0.1, -0.05) is 40.2 Å². The van der Waals surface area contributed by atoms with E-state index in [1.807, 2.05) is 24.3 Å². The standard InChI is InChI=1S/C11H11BrO2/c1-14-11(13)7-6-9-2-4-10(8-12)5-3-9/h2-7H,8H2,1H3/b7-6-. The van der Waals surface area contributed by atoms with Crippen molar-refractivity contribution < 1.29 is 9.53 Å². The van der Waals surface area contributed by atoms with Crippen LogP contribution in [0.3, 0.4) is 0 Å². The van der Waals surface area contributed by atoms with Crippen molar-refractivity contribution in [3.05, 3.63) is 41.5 Å². The van der Waals surface area contributed by atoms with Crippen molar-refractivity contribution in [1.82, 2.24) is 0 Å². The Balaban J connectivity index is 2.68. The molecule has 0 radical (unpaired) electrons. The van der Waals surface area contributed by atoms with Crippen LogP contribution in [0.1, 0.15) is 11.1 Å². The first kappa shape index (κ1) is 11.0. The van der Waals surface area contributed by atoms with Crippen LogP contribution < -0.4 is 0 Å². The van der Waals surface area contributed by atoms with Gasteiger partial charge in [-0.3, -0.25) is 0 Å². The number of ether oxygens (including phenoxy) is 1. The van der Waals surface area contributed by atoms with Gasteiger partial charge in [-0.15, -0.1) is 0 Å². The summed E-state index contributed by atoms with van der Waals surface area (Å²) in [4.78, 5) is 10.8. The number of alkyl halides is 1. The first-order valence-electron chi connectivity index (χ1n) is 4.17. The molecule has 0 aliphatic carbocycles. The van der Waals surface area contributed by atoms with Crippen LogP contribution in [-0.4, -0.2) is 13.1 Å². The van der Waals surface area contributed by atoms with E-state index in [2.05, 4.69) is 20.7 Å². The zero-order valence-corrected chi connectivity index (χ0v) is 9.45. The lowest BCUT2D eigenvalue weighted by Crippen LogP contribution is -1.93. The predicted molar refractivity (Wildman–Crippen MR) is 60.1 cm³/mol. The zero-order chi connectivity index (χ0) is 10.4. The minimum atomic E-state index is -0.338. The maximum Gasteiger partial charge on any atom is 0.330 e. The monoisotopic (exact) mass is 254 g/mol. The van der Waals surface area contributed by atoms with Crippen molar-refractivity contribution in [2.75, 3.05) is 7.11 Å². The average molecular weight is 255 g/mol. The Morgan fingerprint density at radius 1 is 1.43 bits per heavy atom. The van der Waals surface area contributed by atoms with Crippen LogP contribution in [0, 0.1) is 0 Å². The van der Waals surface area contributed by atoms with Gasteiger partial charge in [0.15, 0.2) is 0 Å². The Labute approximate surface area is 91.7 Å². The summed E-state index contributed by atoms with van der Waals surface area (Å²) in [6.45, 7) is 0. The number of rotatable bonds is 3. The van der Waals surface area contributed by atoms with E-state index in [4.69, 9.17) is 0 Å². The van der Waals surface area contributed by atoms with Crippen LogP contribution in [-0.2, 0) is 14.9 Å². The van der Waals surface area contributed by atoms with Crippen molar-refractivity contribution in [3.63, 3.8) is 0 Å². The maximum absolute atomic E-state index is 10.8. The summed E-state index contributed by atoms with van der Waals surface area (Å²) in [5, 5.41) is 0.841. The van der Waals surface area contributed by atoms with E-state index in [0.29, 0.717) is 0 Å². The number of hydrogen-bond donors (Lipinski definition) is 0. The molecule has 0 bridgehead atoms. The highest BCUT2D eigenvalue weighted by molar-refractivity contribution is 9.08. The number of carbonyl (C=O) groups excluding carboxylic acids is 1. The molecule has 0 amide bonds. The molecule has 2 nitrogen and oxygen atoms in total. The van der Waals surface area contributed by atoms with Crippen molar-refractivity contribution in [3.8, 4) is 0 Å². The summed E-state index contributed by atoms with van der Waals surface area (Å²) >= 11 is 3.36. The van der Waals surface area contributed by atoms with Crippen LogP contribution in [0.25, 0.3) is 6.08 Å². The number of hydrogen-bond acceptors (Lipinski definition) is 2.